The summed E-state index contributed by atoms with van der Waals surface area (Å²) < 4.78 is 61.9. The predicted molar refractivity (Wildman–Crippen MR) is 98.4 cm³/mol. The van der Waals surface area contributed by atoms with E-state index in [-0.39, 0.29) is 10.4 Å². The number of pyridine rings is 1. The minimum Gasteiger partial charge on any atom is -0.380 e. The topological polar surface area (TPSA) is 59.1 Å². The number of halogens is 3. The van der Waals surface area contributed by atoms with Gasteiger partial charge < -0.3 is 5.32 Å². The van der Waals surface area contributed by atoms with Crippen LogP contribution in [-0.2, 0) is 22.6 Å². The van der Waals surface area contributed by atoms with Gasteiger partial charge in [0.15, 0.2) is 9.84 Å². The van der Waals surface area contributed by atoms with Crippen LogP contribution in [0, 0.1) is 6.92 Å². The Morgan fingerprint density at radius 2 is 1.81 bits per heavy atom. The molecule has 0 aliphatic heterocycles. The first kappa shape index (κ1) is 19.2. The molecule has 1 N–H and O–H groups in total. The molecule has 1 heterocycles. The first-order valence-electron chi connectivity index (χ1n) is 8.05. The lowest BCUT2D eigenvalue weighted by Crippen LogP contribution is -2.06. The summed E-state index contributed by atoms with van der Waals surface area (Å²) in [5.74, 6) is 0. The predicted octanol–water partition coefficient (Wildman–Crippen LogP) is 4.58. The van der Waals surface area contributed by atoms with E-state index in [4.69, 9.17) is 0 Å². The second-order valence-electron chi connectivity index (χ2n) is 6.31. The number of nitrogens with zero attached hydrogens (tertiary/aromatic N) is 1. The number of hydrogen-bond acceptors (Lipinski definition) is 4. The number of nitrogens with one attached hydrogen (secondary N) is 1. The number of aryl methyl sites for hydroxylation is 1. The Kier molecular flexibility index (Phi) is 4.86. The normalized spacial score (nSPS) is 12.3. The van der Waals surface area contributed by atoms with Gasteiger partial charge in [-0.25, -0.2) is 8.42 Å². The molecule has 0 radical (unpaired) electrons. The highest BCUT2D eigenvalue weighted by atomic mass is 32.2. The van der Waals surface area contributed by atoms with Crippen molar-refractivity contribution in [2.75, 3.05) is 11.6 Å². The van der Waals surface area contributed by atoms with Gasteiger partial charge in [-0.15, -0.1) is 0 Å². The summed E-state index contributed by atoms with van der Waals surface area (Å²) in [7, 11) is -3.28. The molecular weight excluding hydrogens is 377 g/mol. The molecule has 0 amide bonds. The van der Waals surface area contributed by atoms with Crippen LogP contribution >= 0.6 is 0 Å². The number of anilines is 1. The third-order valence-electron chi connectivity index (χ3n) is 4.19. The fourth-order valence-corrected chi connectivity index (χ4v) is 3.87. The molecule has 142 valence electrons. The molecule has 0 aliphatic carbocycles. The average Bonchev–Trinajstić information content (AvgIpc) is 2.57. The van der Waals surface area contributed by atoms with E-state index in [2.05, 4.69) is 10.3 Å². The van der Waals surface area contributed by atoms with Crippen molar-refractivity contribution in [3.8, 4) is 0 Å². The van der Waals surface area contributed by atoms with Crippen LogP contribution in [-0.4, -0.2) is 19.7 Å². The van der Waals surface area contributed by atoms with E-state index >= 15 is 0 Å². The van der Waals surface area contributed by atoms with Crippen LogP contribution in [0.15, 0.2) is 53.6 Å². The SMILES string of the molecule is Cc1cc(CNc2ccnc3cc(C(F)(F)F)ccc23)ccc1S(C)(=O)=O. The van der Waals surface area contributed by atoms with Gasteiger partial charge in [-0.05, 0) is 42.3 Å². The zero-order valence-electron chi connectivity index (χ0n) is 14.6. The fraction of sp³-hybridized carbons (Fsp3) is 0.211. The minimum absolute atomic E-state index is 0.249. The Balaban J connectivity index is 1.86. The third-order valence-corrected chi connectivity index (χ3v) is 5.45. The van der Waals surface area contributed by atoms with Gasteiger partial charge in [0.1, 0.15) is 0 Å². The van der Waals surface area contributed by atoms with E-state index in [1.54, 1.807) is 31.2 Å². The van der Waals surface area contributed by atoms with Gasteiger partial charge in [0.2, 0.25) is 0 Å². The summed E-state index contributed by atoms with van der Waals surface area (Å²) >= 11 is 0. The molecule has 4 nitrogen and oxygen atoms in total. The van der Waals surface area contributed by atoms with Crippen LogP contribution in [0.25, 0.3) is 10.9 Å². The van der Waals surface area contributed by atoms with E-state index < -0.39 is 21.6 Å². The summed E-state index contributed by atoms with van der Waals surface area (Å²) in [4.78, 5) is 4.30. The second-order valence-corrected chi connectivity index (χ2v) is 8.30. The molecule has 27 heavy (non-hydrogen) atoms. The summed E-state index contributed by atoms with van der Waals surface area (Å²) in [5, 5.41) is 3.76. The molecule has 0 saturated carbocycles. The fourth-order valence-electron chi connectivity index (χ4n) is 2.91. The van der Waals surface area contributed by atoms with Crippen molar-refractivity contribution in [3.63, 3.8) is 0 Å². The summed E-state index contributed by atoms with van der Waals surface area (Å²) in [6, 6.07) is 10.2. The smallest absolute Gasteiger partial charge is 0.380 e. The lowest BCUT2D eigenvalue weighted by molar-refractivity contribution is -0.137. The number of hydrogen-bond donors (Lipinski definition) is 1. The van der Waals surface area contributed by atoms with Crippen molar-refractivity contribution in [2.45, 2.75) is 24.5 Å². The van der Waals surface area contributed by atoms with Gasteiger partial charge in [-0.1, -0.05) is 18.2 Å². The van der Waals surface area contributed by atoms with Gasteiger partial charge in [0.05, 0.1) is 16.0 Å². The van der Waals surface area contributed by atoms with Crippen LogP contribution in [0.2, 0.25) is 0 Å². The Morgan fingerprint density at radius 3 is 2.44 bits per heavy atom. The zero-order chi connectivity index (χ0) is 19.8. The number of alkyl halides is 3. The van der Waals surface area contributed by atoms with Gasteiger partial charge in [-0.3, -0.25) is 4.98 Å². The molecule has 3 aromatic rings. The Bertz CT molecular complexity index is 1110. The molecule has 1 aromatic heterocycles. The van der Waals surface area contributed by atoms with Crippen molar-refractivity contribution in [3.05, 3.63) is 65.4 Å². The summed E-state index contributed by atoms with van der Waals surface area (Å²) in [5.41, 5.74) is 1.66. The quantitative estimate of drug-likeness (QED) is 0.704. The third kappa shape index (κ3) is 4.21. The minimum atomic E-state index is -4.42. The van der Waals surface area contributed by atoms with Crippen molar-refractivity contribution < 1.29 is 21.6 Å². The number of sulfone groups is 1. The lowest BCUT2D eigenvalue weighted by atomic mass is 10.1. The maximum atomic E-state index is 12.9. The molecule has 8 heteroatoms. The molecule has 0 bridgehead atoms. The van der Waals surface area contributed by atoms with E-state index in [9.17, 15) is 21.6 Å². The molecule has 0 aliphatic rings. The van der Waals surface area contributed by atoms with Crippen LogP contribution < -0.4 is 5.32 Å². The van der Waals surface area contributed by atoms with Gasteiger partial charge >= 0.3 is 6.18 Å². The average molecular weight is 394 g/mol. The number of benzene rings is 2. The number of fused-ring (bicyclic) bond motifs is 1. The monoisotopic (exact) mass is 394 g/mol. The molecule has 3 rings (SSSR count). The van der Waals surface area contributed by atoms with Gasteiger partial charge in [0, 0.05) is 30.1 Å². The van der Waals surface area contributed by atoms with E-state index in [1.807, 2.05) is 0 Å². The van der Waals surface area contributed by atoms with E-state index in [1.165, 1.54) is 12.3 Å². The largest absolute Gasteiger partial charge is 0.416 e. The van der Waals surface area contributed by atoms with Crippen LogP contribution in [0.4, 0.5) is 18.9 Å². The summed E-state index contributed by atoms with van der Waals surface area (Å²) in [6.07, 6.45) is -1.81. The molecular formula is C19H17F3N2O2S. The molecule has 0 fully saturated rings. The maximum absolute atomic E-state index is 12.9. The highest BCUT2D eigenvalue weighted by Crippen LogP contribution is 2.32. The second kappa shape index (κ2) is 6.84. The van der Waals surface area contributed by atoms with Crippen LogP contribution in [0.3, 0.4) is 0 Å². The first-order chi connectivity index (χ1) is 12.6. The molecule has 2 aromatic carbocycles. The van der Waals surface area contributed by atoms with Gasteiger partial charge in [-0.2, -0.15) is 13.2 Å². The Morgan fingerprint density at radius 1 is 1.07 bits per heavy atom. The Hall–Kier alpha value is -2.61. The van der Waals surface area contributed by atoms with Crippen molar-refractivity contribution in [1.82, 2.24) is 4.98 Å². The van der Waals surface area contributed by atoms with Gasteiger partial charge in [0.25, 0.3) is 0 Å². The van der Waals surface area contributed by atoms with Crippen molar-refractivity contribution in [1.29, 1.82) is 0 Å². The van der Waals surface area contributed by atoms with E-state index in [0.29, 0.717) is 23.2 Å². The first-order valence-corrected chi connectivity index (χ1v) is 9.94. The maximum Gasteiger partial charge on any atom is 0.416 e. The summed E-state index contributed by atoms with van der Waals surface area (Å²) in [6.45, 7) is 2.12. The zero-order valence-corrected chi connectivity index (χ0v) is 15.4. The highest BCUT2D eigenvalue weighted by molar-refractivity contribution is 7.90. The molecule has 0 unspecified atom stereocenters. The number of aromatic nitrogens is 1. The van der Waals surface area contributed by atoms with Crippen LogP contribution in [0.5, 0.6) is 0 Å². The lowest BCUT2D eigenvalue weighted by Gasteiger charge is -2.12. The molecule has 0 saturated heterocycles. The van der Waals surface area contributed by atoms with Crippen LogP contribution in [0.1, 0.15) is 16.7 Å². The molecule has 0 spiro atoms. The molecule has 0 atom stereocenters. The van der Waals surface area contributed by atoms with Crippen molar-refractivity contribution >= 4 is 26.4 Å². The highest BCUT2D eigenvalue weighted by Gasteiger charge is 2.30. The van der Waals surface area contributed by atoms with Crippen molar-refractivity contribution in [2.24, 2.45) is 0 Å². The Labute approximate surface area is 155 Å². The number of rotatable bonds is 4. The standard InChI is InChI=1S/C19H17F3N2O2S/c1-12-9-13(3-6-18(12)27(2,25)26)11-24-16-7-8-23-17-10-14(19(20,21)22)4-5-15(16)17/h3-10H,11H2,1-2H3,(H,23,24). The van der Waals surface area contributed by atoms with E-state index in [0.717, 1.165) is 24.0 Å².